The largest absolute Gasteiger partial charge is 0.378 e. The van der Waals surface area contributed by atoms with E-state index in [1.54, 1.807) is 49.5 Å². The zero-order chi connectivity index (χ0) is 19.8. The number of aryl methyl sites for hydroxylation is 2. The topological polar surface area (TPSA) is 93.5 Å². The number of sulfonamides is 1. The molecule has 1 fully saturated rings. The molecule has 8 nitrogen and oxygen atoms in total. The van der Waals surface area contributed by atoms with Gasteiger partial charge < -0.3 is 14.2 Å². The van der Waals surface area contributed by atoms with E-state index in [9.17, 15) is 13.2 Å². The monoisotopic (exact) mass is 412 g/mol. The van der Waals surface area contributed by atoms with E-state index in [-0.39, 0.29) is 16.8 Å². The summed E-state index contributed by atoms with van der Waals surface area (Å²) in [5.74, 6) is -0.0527. The minimum absolute atomic E-state index is 0.0527. The average Bonchev–Trinajstić information content (AvgIpc) is 3.17. The number of hydrogen-bond donors (Lipinski definition) is 1. The molecule has 0 saturated carbocycles. The third-order valence-corrected chi connectivity index (χ3v) is 6.98. The van der Waals surface area contributed by atoms with E-state index in [2.05, 4.69) is 9.71 Å². The van der Waals surface area contributed by atoms with Crippen molar-refractivity contribution in [2.24, 2.45) is 7.05 Å². The fourth-order valence-electron chi connectivity index (χ4n) is 2.89. The van der Waals surface area contributed by atoms with E-state index in [0.717, 1.165) is 0 Å². The van der Waals surface area contributed by atoms with E-state index in [0.29, 0.717) is 47.6 Å². The minimum atomic E-state index is -3.59. The van der Waals surface area contributed by atoms with Crippen LogP contribution in [0, 0.1) is 6.92 Å². The van der Waals surface area contributed by atoms with E-state index in [1.807, 2.05) is 0 Å². The van der Waals surface area contributed by atoms with Crippen molar-refractivity contribution >= 4 is 27.3 Å². The average molecular weight is 413 g/mol. The molecule has 1 aliphatic heterocycles. The Hall–Kier alpha value is -1.75. The van der Waals surface area contributed by atoms with Crippen LogP contribution in [-0.4, -0.2) is 61.1 Å². The maximum atomic E-state index is 12.8. The van der Waals surface area contributed by atoms with Crippen molar-refractivity contribution in [3.05, 3.63) is 22.8 Å². The molecule has 0 aromatic carbocycles. The zero-order valence-electron chi connectivity index (χ0n) is 15.9. The van der Waals surface area contributed by atoms with Gasteiger partial charge in [-0.15, -0.1) is 11.3 Å². The lowest BCUT2D eigenvalue weighted by atomic mass is 10.3. The van der Waals surface area contributed by atoms with E-state index in [4.69, 9.17) is 4.74 Å². The van der Waals surface area contributed by atoms with Gasteiger partial charge in [0.05, 0.1) is 24.6 Å². The number of hydrogen-bond acceptors (Lipinski definition) is 6. The van der Waals surface area contributed by atoms with Crippen LogP contribution in [0.15, 0.2) is 17.2 Å². The SMILES string of the molecule is Cc1nc(-c2cc(S(=O)(=O)NC(C)C)cn2C)sc1C(=O)N1CCOCC1. The highest BCUT2D eigenvalue weighted by Gasteiger charge is 2.25. The Morgan fingerprint density at radius 2 is 2.00 bits per heavy atom. The molecule has 0 bridgehead atoms. The van der Waals surface area contributed by atoms with Gasteiger partial charge in [-0.05, 0) is 26.8 Å². The molecule has 1 aliphatic rings. The Morgan fingerprint density at radius 1 is 1.33 bits per heavy atom. The van der Waals surface area contributed by atoms with Crippen molar-refractivity contribution < 1.29 is 17.9 Å². The van der Waals surface area contributed by atoms with Gasteiger partial charge in [0, 0.05) is 32.4 Å². The molecule has 2 aromatic rings. The predicted octanol–water partition coefficient (Wildman–Crippen LogP) is 1.62. The van der Waals surface area contributed by atoms with Crippen molar-refractivity contribution in [2.75, 3.05) is 26.3 Å². The fraction of sp³-hybridized carbons (Fsp3) is 0.529. The van der Waals surface area contributed by atoms with Crippen LogP contribution in [0.4, 0.5) is 0 Å². The molecule has 0 aliphatic carbocycles. The second-order valence-electron chi connectivity index (χ2n) is 6.79. The van der Waals surface area contributed by atoms with Gasteiger partial charge in [-0.3, -0.25) is 4.79 Å². The van der Waals surface area contributed by atoms with E-state index in [1.165, 1.54) is 11.3 Å². The fourth-order valence-corrected chi connectivity index (χ4v) is 5.30. The molecule has 0 atom stereocenters. The number of carbonyl (C=O) groups excluding carboxylic acids is 1. The van der Waals surface area contributed by atoms with Gasteiger partial charge in [-0.2, -0.15) is 0 Å². The number of thiazole rings is 1. The third-order valence-electron chi connectivity index (χ3n) is 4.19. The summed E-state index contributed by atoms with van der Waals surface area (Å²) in [7, 11) is -1.82. The molecule has 0 radical (unpaired) electrons. The highest BCUT2D eigenvalue weighted by molar-refractivity contribution is 7.89. The Labute approximate surface area is 163 Å². The second-order valence-corrected chi connectivity index (χ2v) is 9.50. The standard InChI is InChI=1S/C17H24N4O4S2/c1-11(2)19-27(23,24)13-9-14(20(4)10-13)16-18-12(3)15(26-16)17(22)21-5-7-25-8-6-21/h9-11,19H,5-8H2,1-4H3. The minimum Gasteiger partial charge on any atom is -0.378 e. The Morgan fingerprint density at radius 3 is 2.63 bits per heavy atom. The first-order chi connectivity index (χ1) is 12.7. The van der Waals surface area contributed by atoms with Gasteiger partial charge in [0.25, 0.3) is 5.91 Å². The first-order valence-electron chi connectivity index (χ1n) is 8.72. The lowest BCUT2D eigenvalue weighted by Crippen LogP contribution is -2.40. The molecule has 1 N–H and O–H groups in total. The van der Waals surface area contributed by atoms with Crippen LogP contribution in [0.25, 0.3) is 10.7 Å². The number of nitrogens with zero attached hydrogens (tertiary/aromatic N) is 3. The summed E-state index contributed by atoms with van der Waals surface area (Å²) >= 11 is 1.29. The predicted molar refractivity (Wildman–Crippen MR) is 103 cm³/mol. The van der Waals surface area contributed by atoms with Crippen molar-refractivity contribution in [1.29, 1.82) is 0 Å². The van der Waals surface area contributed by atoms with Crippen LogP contribution >= 0.6 is 11.3 Å². The van der Waals surface area contributed by atoms with Gasteiger partial charge in [0.2, 0.25) is 10.0 Å². The first-order valence-corrected chi connectivity index (χ1v) is 11.0. The van der Waals surface area contributed by atoms with Crippen molar-refractivity contribution in [2.45, 2.75) is 31.7 Å². The lowest BCUT2D eigenvalue weighted by molar-refractivity contribution is 0.0305. The summed E-state index contributed by atoms with van der Waals surface area (Å²) in [6, 6.07) is 1.39. The quantitative estimate of drug-likeness (QED) is 0.805. The lowest BCUT2D eigenvalue weighted by Gasteiger charge is -2.26. The molecule has 1 saturated heterocycles. The molecule has 0 spiro atoms. The number of ether oxygens (including phenoxy) is 1. The maximum Gasteiger partial charge on any atom is 0.266 e. The van der Waals surface area contributed by atoms with E-state index >= 15 is 0 Å². The Balaban J connectivity index is 1.91. The maximum absolute atomic E-state index is 12.8. The van der Waals surface area contributed by atoms with Crippen LogP contribution in [-0.2, 0) is 21.8 Å². The van der Waals surface area contributed by atoms with Crippen molar-refractivity contribution in [1.82, 2.24) is 19.2 Å². The van der Waals surface area contributed by atoms with E-state index < -0.39 is 10.0 Å². The molecular weight excluding hydrogens is 388 g/mol. The summed E-state index contributed by atoms with van der Waals surface area (Å²) in [4.78, 5) is 19.8. The molecule has 10 heteroatoms. The molecule has 0 unspecified atom stereocenters. The Bertz CT molecular complexity index is 940. The smallest absolute Gasteiger partial charge is 0.266 e. The van der Waals surface area contributed by atoms with Crippen LogP contribution < -0.4 is 4.72 Å². The molecule has 2 aromatic heterocycles. The van der Waals surface area contributed by atoms with Crippen molar-refractivity contribution in [3.8, 4) is 10.7 Å². The molecule has 27 heavy (non-hydrogen) atoms. The van der Waals surface area contributed by atoms with Gasteiger partial charge in [-0.1, -0.05) is 0 Å². The van der Waals surface area contributed by atoms with Crippen molar-refractivity contribution in [3.63, 3.8) is 0 Å². The van der Waals surface area contributed by atoms with Gasteiger partial charge >= 0.3 is 0 Å². The van der Waals surface area contributed by atoms with Crippen LogP contribution in [0.1, 0.15) is 29.2 Å². The van der Waals surface area contributed by atoms with Gasteiger partial charge in [-0.25, -0.2) is 18.1 Å². The molecule has 3 rings (SSSR count). The highest BCUT2D eigenvalue weighted by atomic mass is 32.2. The summed E-state index contributed by atoms with van der Waals surface area (Å²) in [5.41, 5.74) is 1.31. The number of amides is 1. The number of rotatable bonds is 5. The summed E-state index contributed by atoms with van der Waals surface area (Å²) in [6.45, 7) is 7.56. The zero-order valence-corrected chi connectivity index (χ0v) is 17.5. The third kappa shape index (κ3) is 4.23. The highest BCUT2D eigenvalue weighted by Crippen LogP contribution is 2.31. The molecule has 3 heterocycles. The summed E-state index contributed by atoms with van der Waals surface area (Å²) in [5, 5.41) is 0.623. The van der Waals surface area contributed by atoms with Crippen LogP contribution in [0.2, 0.25) is 0 Å². The van der Waals surface area contributed by atoms with Crippen LogP contribution in [0.3, 0.4) is 0 Å². The summed E-state index contributed by atoms with van der Waals surface area (Å²) in [6.07, 6.45) is 1.56. The second kappa shape index (κ2) is 7.70. The summed E-state index contributed by atoms with van der Waals surface area (Å²) < 4.78 is 34.4. The first kappa shape index (κ1) is 20.0. The van der Waals surface area contributed by atoms with Gasteiger partial charge in [0.15, 0.2) is 0 Å². The van der Waals surface area contributed by atoms with Gasteiger partial charge in [0.1, 0.15) is 14.8 Å². The molecular formula is C17H24N4O4S2. The van der Waals surface area contributed by atoms with Crippen LogP contribution in [0.5, 0.6) is 0 Å². The Kier molecular flexibility index (Phi) is 5.71. The number of aromatic nitrogens is 2. The molecule has 1 amide bonds. The number of morpholine rings is 1. The normalized spacial score (nSPS) is 15.5. The number of carbonyl (C=O) groups is 1. The molecule has 148 valence electrons. The number of nitrogens with one attached hydrogen (secondary N) is 1.